The van der Waals surface area contributed by atoms with Crippen LogP contribution in [0.4, 0.5) is 4.79 Å². The normalized spacial score (nSPS) is 20.3. The van der Waals surface area contributed by atoms with E-state index in [0.29, 0.717) is 18.8 Å². The number of carbonyl (C=O) groups excluding carboxylic acids is 1. The summed E-state index contributed by atoms with van der Waals surface area (Å²) in [4.78, 5) is 17.6. The summed E-state index contributed by atoms with van der Waals surface area (Å²) in [6, 6.07) is 3.75. The third-order valence-electron chi connectivity index (χ3n) is 3.23. The summed E-state index contributed by atoms with van der Waals surface area (Å²) >= 11 is 0. The Morgan fingerprint density at radius 3 is 2.71 bits per heavy atom. The van der Waals surface area contributed by atoms with E-state index < -0.39 is 16.4 Å². The Morgan fingerprint density at radius 2 is 2.10 bits per heavy atom. The van der Waals surface area contributed by atoms with Gasteiger partial charge in [-0.1, -0.05) is 0 Å². The molecule has 0 spiro atoms. The number of rotatable bonds is 3. The minimum atomic E-state index is -0.984. The van der Waals surface area contributed by atoms with E-state index >= 15 is 0 Å². The predicted octanol–water partition coefficient (Wildman–Crippen LogP) is 2.34. The molecule has 2 rings (SSSR count). The highest BCUT2D eigenvalue weighted by Crippen LogP contribution is 2.20. The molecule has 1 aliphatic heterocycles. The Labute approximate surface area is 128 Å². The molecule has 0 aromatic carbocycles. The molecule has 1 aromatic rings. The van der Waals surface area contributed by atoms with Crippen LogP contribution in [0, 0.1) is 0 Å². The van der Waals surface area contributed by atoms with E-state index in [2.05, 4.69) is 4.98 Å². The number of amides is 1. The van der Waals surface area contributed by atoms with Gasteiger partial charge in [0.2, 0.25) is 0 Å². The first-order valence-corrected chi connectivity index (χ1v) is 8.47. The Balaban J connectivity index is 1.87. The van der Waals surface area contributed by atoms with Crippen LogP contribution in [0.15, 0.2) is 24.5 Å². The lowest BCUT2D eigenvalue weighted by Gasteiger charge is -2.24. The third kappa shape index (κ3) is 4.81. The molecule has 2 atom stereocenters. The topological polar surface area (TPSA) is 59.5 Å². The Morgan fingerprint density at radius 1 is 1.43 bits per heavy atom. The SMILES string of the molecule is CC(C)(C)OC(=O)N1CC[C@@H]([S@](=O)Cc2ccncc2)C1. The summed E-state index contributed by atoms with van der Waals surface area (Å²) in [5.41, 5.74) is 0.518. The van der Waals surface area contributed by atoms with Crippen LogP contribution in [0.25, 0.3) is 0 Å². The third-order valence-corrected chi connectivity index (χ3v) is 4.97. The largest absolute Gasteiger partial charge is 0.444 e. The number of pyridine rings is 1. The highest BCUT2D eigenvalue weighted by Gasteiger charge is 2.32. The van der Waals surface area contributed by atoms with E-state index in [1.54, 1.807) is 17.3 Å². The molecule has 0 aliphatic carbocycles. The van der Waals surface area contributed by atoms with Crippen molar-refractivity contribution in [2.45, 2.75) is 43.8 Å². The molecule has 116 valence electrons. The molecule has 0 bridgehead atoms. The lowest BCUT2D eigenvalue weighted by atomic mass is 10.2. The van der Waals surface area contributed by atoms with Gasteiger partial charge >= 0.3 is 6.09 Å². The van der Waals surface area contributed by atoms with E-state index in [9.17, 15) is 9.00 Å². The van der Waals surface area contributed by atoms with Crippen molar-refractivity contribution in [2.75, 3.05) is 13.1 Å². The number of likely N-dealkylation sites (tertiary alicyclic amines) is 1. The van der Waals surface area contributed by atoms with Gasteiger partial charge in [0, 0.05) is 42.0 Å². The van der Waals surface area contributed by atoms with Gasteiger partial charge in [-0.15, -0.1) is 0 Å². The Bertz CT molecular complexity index is 513. The quantitative estimate of drug-likeness (QED) is 0.860. The van der Waals surface area contributed by atoms with Crippen molar-refractivity contribution in [3.8, 4) is 0 Å². The molecule has 1 aromatic heterocycles. The zero-order valence-electron chi connectivity index (χ0n) is 12.7. The molecule has 2 heterocycles. The zero-order chi connectivity index (χ0) is 15.5. The molecule has 1 amide bonds. The second kappa shape index (κ2) is 6.56. The van der Waals surface area contributed by atoms with Crippen molar-refractivity contribution in [1.82, 2.24) is 9.88 Å². The second-order valence-electron chi connectivity index (χ2n) is 6.22. The van der Waals surface area contributed by atoms with Gasteiger partial charge in [0.05, 0.1) is 5.25 Å². The van der Waals surface area contributed by atoms with Gasteiger partial charge in [-0.3, -0.25) is 9.19 Å². The van der Waals surface area contributed by atoms with Crippen molar-refractivity contribution in [3.05, 3.63) is 30.1 Å². The van der Waals surface area contributed by atoms with E-state index in [1.165, 1.54) is 0 Å². The van der Waals surface area contributed by atoms with Gasteiger partial charge in [-0.25, -0.2) is 4.79 Å². The molecule has 0 radical (unpaired) electrons. The molecule has 21 heavy (non-hydrogen) atoms. The number of carbonyl (C=O) groups is 1. The zero-order valence-corrected chi connectivity index (χ0v) is 13.6. The highest BCUT2D eigenvalue weighted by molar-refractivity contribution is 7.84. The summed E-state index contributed by atoms with van der Waals surface area (Å²) in [5, 5.41) is 0.0192. The first-order chi connectivity index (χ1) is 9.85. The molecule has 0 unspecified atom stereocenters. The van der Waals surface area contributed by atoms with Crippen molar-refractivity contribution < 1.29 is 13.7 Å². The van der Waals surface area contributed by atoms with Crippen LogP contribution in [0.1, 0.15) is 32.8 Å². The minimum absolute atomic E-state index is 0.0192. The van der Waals surface area contributed by atoms with Crippen LogP contribution >= 0.6 is 0 Å². The van der Waals surface area contributed by atoms with Crippen LogP contribution < -0.4 is 0 Å². The van der Waals surface area contributed by atoms with Crippen molar-refractivity contribution in [3.63, 3.8) is 0 Å². The first kappa shape index (κ1) is 15.9. The van der Waals surface area contributed by atoms with Gasteiger partial charge < -0.3 is 9.64 Å². The molecular weight excluding hydrogens is 288 g/mol. The molecule has 1 aliphatic rings. The summed E-state index contributed by atoms with van der Waals surface area (Å²) in [5.74, 6) is 0.509. The molecule has 1 saturated heterocycles. The first-order valence-electron chi connectivity index (χ1n) is 7.09. The van der Waals surface area contributed by atoms with Gasteiger partial charge in [0.15, 0.2) is 0 Å². The smallest absolute Gasteiger partial charge is 0.410 e. The number of aromatic nitrogens is 1. The molecule has 5 nitrogen and oxygen atoms in total. The van der Waals surface area contributed by atoms with Crippen LogP contribution in [0.3, 0.4) is 0 Å². The van der Waals surface area contributed by atoms with E-state index in [0.717, 1.165) is 12.0 Å². The number of nitrogens with zero attached hydrogens (tertiary/aromatic N) is 2. The maximum absolute atomic E-state index is 12.4. The fourth-order valence-corrected chi connectivity index (χ4v) is 3.67. The standard InChI is InChI=1S/C15H22N2O3S/c1-15(2,3)20-14(18)17-9-6-13(10-17)21(19)11-12-4-7-16-8-5-12/h4-5,7-8,13H,6,9-11H2,1-3H3/t13-,21-/m1/s1. The van der Waals surface area contributed by atoms with Crippen molar-refractivity contribution in [2.24, 2.45) is 0 Å². The monoisotopic (exact) mass is 310 g/mol. The highest BCUT2D eigenvalue weighted by atomic mass is 32.2. The molecule has 1 fully saturated rings. The van der Waals surface area contributed by atoms with E-state index in [4.69, 9.17) is 4.74 Å². The van der Waals surface area contributed by atoms with Gasteiger partial charge in [-0.05, 0) is 44.9 Å². The minimum Gasteiger partial charge on any atom is -0.444 e. The summed E-state index contributed by atoms with van der Waals surface area (Å²) in [6.07, 6.45) is 3.85. The molecule has 0 N–H and O–H groups in total. The maximum Gasteiger partial charge on any atom is 0.410 e. The summed E-state index contributed by atoms with van der Waals surface area (Å²) < 4.78 is 17.7. The average Bonchev–Trinajstić information content (AvgIpc) is 2.87. The van der Waals surface area contributed by atoms with Gasteiger partial charge in [0.25, 0.3) is 0 Å². The van der Waals surface area contributed by atoms with Gasteiger partial charge in [0.1, 0.15) is 5.60 Å². The molecule has 0 saturated carbocycles. The fraction of sp³-hybridized carbons (Fsp3) is 0.600. The van der Waals surface area contributed by atoms with Crippen molar-refractivity contribution in [1.29, 1.82) is 0 Å². The summed E-state index contributed by atoms with van der Waals surface area (Å²) in [6.45, 7) is 6.66. The number of hydrogen-bond acceptors (Lipinski definition) is 4. The average molecular weight is 310 g/mol. The Kier molecular flexibility index (Phi) is 4.98. The predicted molar refractivity (Wildman–Crippen MR) is 82.3 cm³/mol. The molecule has 6 heteroatoms. The lowest BCUT2D eigenvalue weighted by Crippen LogP contribution is -2.36. The van der Waals surface area contributed by atoms with E-state index in [1.807, 2.05) is 32.9 Å². The van der Waals surface area contributed by atoms with Crippen LogP contribution in [-0.2, 0) is 21.3 Å². The molecular formula is C15H22N2O3S. The summed E-state index contributed by atoms with van der Waals surface area (Å²) in [7, 11) is -0.984. The van der Waals surface area contributed by atoms with Crippen LogP contribution in [0.2, 0.25) is 0 Å². The fourth-order valence-electron chi connectivity index (χ4n) is 2.20. The maximum atomic E-state index is 12.4. The Hall–Kier alpha value is -1.43. The van der Waals surface area contributed by atoms with Crippen molar-refractivity contribution >= 4 is 16.9 Å². The van der Waals surface area contributed by atoms with Gasteiger partial charge in [-0.2, -0.15) is 0 Å². The number of ether oxygens (including phenoxy) is 1. The second-order valence-corrected chi connectivity index (χ2v) is 7.93. The van der Waals surface area contributed by atoms with Crippen LogP contribution in [-0.4, -0.2) is 44.1 Å². The van der Waals surface area contributed by atoms with E-state index in [-0.39, 0.29) is 11.3 Å². The van der Waals surface area contributed by atoms with Crippen LogP contribution in [0.5, 0.6) is 0 Å². The number of hydrogen-bond donors (Lipinski definition) is 0. The lowest BCUT2D eigenvalue weighted by molar-refractivity contribution is 0.0295.